The number of hydrogen-bond donors (Lipinski definition) is 0. The number of para-hydroxylation sites is 1. The Labute approximate surface area is 157 Å². The molecule has 1 aromatic carbocycles. The highest BCUT2D eigenvalue weighted by molar-refractivity contribution is 6.04. The molecular weight excluding hydrogens is 342 g/mol. The summed E-state index contributed by atoms with van der Waals surface area (Å²) in [4.78, 5) is 14.8. The molecule has 0 unspecified atom stereocenters. The zero-order chi connectivity index (χ0) is 18.8. The van der Waals surface area contributed by atoms with Crippen LogP contribution in [0.3, 0.4) is 0 Å². The van der Waals surface area contributed by atoms with E-state index in [2.05, 4.69) is 15.3 Å². The monoisotopic (exact) mass is 365 g/mol. The number of carbonyl (C=O) groups excluding carboxylic acids is 1. The summed E-state index contributed by atoms with van der Waals surface area (Å²) in [6, 6.07) is 11.6. The summed E-state index contributed by atoms with van der Waals surface area (Å²) < 4.78 is 7.52. The van der Waals surface area contributed by atoms with Crippen LogP contribution in [0.1, 0.15) is 29.0 Å². The third-order valence-electron chi connectivity index (χ3n) is 5.10. The van der Waals surface area contributed by atoms with Crippen LogP contribution in [0.25, 0.3) is 10.9 Å². The SMILES string of the molecule is Cc1ccc(OCC2CCN(C(=O)c3nn(C)c4ccccc34)CC2)nn1. The first-order chi connectivity index (χ1) is 13.1. The number of ether oxygens (including phenoxy) is 1. The Hall–Kier alpha value is -2.96. The lowest BCUT2D eigenvalue weighted by molar-refractivity contribution is 0.0654. The number of carbonyl (C=O) groups is 1. The highest BCUT2D eigenvalue weighted by atomic mass is 16.5. The van der Waals surface area contributed by atoms with Gasteiger partial charge in [-0.15, -0.1) is 5.10 Å². The van der Waals surface area contributed by atoms with E-state index in [0.717, 1.165) is 42.5 Å². The van der Waals surface area contributed by atoms with Crippen LogP contribution in [0.15, 0.2) is 36.4 Å². The van der Waals surface area contributed by atoms with Gasteiger partial charge in [0, 0.05) is 31.6 Å². The smallest absolute Gasteiger partial charge is 0.275 e. The van der Waals surface area contributed by atoms with Crippen molar-refractivity contribution in [3.05, 3.63) is 47.8 Å². The Morgan fingerprint density at radius 2 is 1.93 bits per heavy atom. The molecule has 1 saturated heterocycles. The second-order valence-corrected chi connectivity index (χ2v) is 7.05. The number of aryl methyl sites for hydroxylation is 2. The average molecular weight is 365 g/mol. The molecule has 0 bridgehead atoms. The van der Waals surface area contributed by atoms with Gasteiger partial charge in [-0.25, -0.2) is 0 Å². The Balaban J connectivity index is 1.36. The van der Waals surface area contributed by atoms with Gasteiger partial charge in [-0.05, 0) is 37.8 Å². The molecule has 7 nitrogen and oxygen atoms in total. The lowest BCUT2D eigenvalue weighted by atomic mass is 9.97. The molecular formula is C20H23N5O2. The topological polar surface area (TPSA) is 73.1 Å². The number of fused-ring (bicyclic) bond motifs is 1. The van der Waals surface area contributed by atoms with E-state index in [1.807, 2.05) is 55.3 Å². The summed E-state index contributed by atoms with van der Waals surface area (Å²) >= 11 is 0. The number of amides is 1. The van der Waals surface area contributed by atoms with Gasteiger partial charge >= 0.3 is 0 Å². The number of piperidine rings is 1. The Morgan fingerprint density at radius 3 is 2.67 bits per heavy atom. The lowest BCUT2D eigenvalue weighted by Gasteiger charge is -2.31. The Morgan fingerprint density at radius 1 is 1.15 bits per heavy atom. The van der Waals surface area contributed by atoms with Crippen LogP contribution in [0.2, 0.25) is 0 Å². The van der Waals surface area contributed by atoms with Crippen LogP contribution < -0.4 is 4.74 Å². The molecule has 1 fully saturated rings. The molecule has 3 heterocycles. The minimum Gasteiger partial charge on any atom is -0.476 e. The first-order valence-electron chi connectivity index (χ1n) is 9.26. The third kappa shape index (κ3) is 3.63. The van der Waals surface area contributed by atoms with Gasteiger partial charge in [-0.1, -0.05) is 18.2 Å². The van der Waals surface area contributed by atoms with Crippen LogP contribution in [-0.2, 0) is 7.05 Å². The molecule has 4 rings (SSSR count). The van der Waals surface area contributed by atoms with Crippen LogP contribution in [0, 0.1) is 12.8 Å². The summed E-state index contributed by atoms with van der Waals surface area (Å²) in [5.74, 6) is 0.979. The number of benzene rings is 1. The number of rotatable bonds is 4. The molecule has 1 aliphatic rings. The number of nitrogens with zero attached hydrogens (tertiary/aromatic N) is 5. The van der Waals surface area contributed by atoms with Crippen LogP contribution in [0.5, 0.6) is 5.88 Å². The molecule has 27 heavy (non-hydrogen) atoms. The molecule has 0 saturated carbocycles. The molecule has 0 atom stereocenters. The van der Waals surface area contributed by atoms with Crippen molar-refractivity contribution in [2.75, 3.05) is 19.7 Å². The molecule has 0 aliphatic carbocycles. The molecule has 1 amide bonds. The van der Waals surface area contributed by atoms with Gasteiger partial charge in [0.05, 0.1) is 17.8 Å². The molecule has 0 spiro atoms. The highest BCUT2D eigenvalue weighted by Gasteiger charge is 2.27. The van der Waals surface area contributed by atoms with Crippen molar-refractivity contribution in [1.29, 1.82) is 0 Å². The quantitative estimate of drug-likeness (QED) is 0.711. The standard InChI is InChI=1S/C20H23N5O2/c1-14-7-8-18(22-21-14)27-13-15-9-11-25(12-10-15)20(26)19-16-5-3-4-6-17(16)24(2)23-19/h3-8,15H,9-13H2,1-2H3. The minimum atomic E-state index is 0.00979. The molecule has 0 radical (unpaired) electrons. The van der Waals surface area contributed by atoms with Gasteiger partial charge in [-0.2, -0.15) is 10.2 Å². The lowest BCUT2D eigenvalue weighted by Crippen LogP contribution is -2.40. The fourth-order valence-corrected chi connectivity index (χ4v) is 3.49. The first kappa shape index (κ1) is 17.5. The molecule has 3 aromatic rings. The summed E-state index contributed by atoms with van der Waals surface area (Å²) in [5, 5.41) is 13.4. The summed E-state index contributed by atoms with van der Waals surface area (Å²) in [7, 11) is 1.87. The summed E-state index contributed by atoms with van der Waals surface area (Å²) in [6.07, 6.45) is 1.82. The molecule has 140 valence electrons. The van der Waals surface area contributed by atoms with Gasteiger partial charge in [0.1, 0.15) is 0 Å². The maximum absolute atomic E-state index is 12.9. The van der Waals surface area contributed by atoms with Crippen LogP contribution in [-0.4, -0.2) is 50.5 Å². The maximum Gasteiger partial charge on any atom is 0.275 e. The molecule has 1 aliphatic heterocycles. The van der Waals surface area contributed by atoms with Crippen molar-refractivity contribution < 1.29 is 9.53 Å². The van der Waals surface area contributed by atoms with E-state index < -0.39 is 0 Å². The van der Waals surface area contributed by atoms with Crippen molar-refractivity contribution in [2.24, 2.45) is 13.0 Å². The van der Waals surface area contributed by atoms with Crippen molar-refractivity contribution in [2.45, 2.75) is 19.8 Å². The maximum atomic E-state index is 12.9. The van der Waals surface area contributed by atoms with Crippen molar-refractivity contribution >= 4 is 16.8 Å². The highest BCUT2D eigenvalue weighted by Crippen LogP contribution is 2.23. The normalized spacial score (nSPS) is 15.3. The van der Waals surface area contributed by atoms with E-state index in [-0.39, 0.29) is 5.91 Å². The molecule has 2 aromatic heterocycles. The zero-order valence-corrected chi connectivity index (χ0v) is 15.6. The van der Waals surface area contributed by atoms with Gasteiger partial charge in [0.2, 0.25) is 5.88 Å². The molecule has 7 heteroatoms. The zero-order valence-electron chi connectivity index (χ0n) is 15.6. The largest absolute Gasteiger partial charge is 0.476 e. The van der Waals surface area contributed by atoms with Crippen molar-refractivity contribution in [3.8, 4) is 5.88 Å². The Bertz CT molecular complexity index is 943. The number of hydrogen-bond acceptors (Lipinski definition) is 5. The first-order valence-corrected chi connectivity index (χ1v) is 9.26. The van der Waals surface area contributed by atoms with Gasteiger partial charge in [0.25, 0.3) is 5.91 Å². The van der Waals surface area contributed by atoms with Crippen molar-refractivity contribution in [1.82, 2.24) is 24.9 Å². The van der Waals surface area contributed by atoms with E-state index in [1.54, 1.807) is 4.68 Å². The van der Waals surface area contributed by atoms with Gasteiger partial charge < -0.3 is 9.64 Å². The van der Waals surface area contributed by atoms with E-state index in [4.69, 9.17) is 4.74 Å². The van der Waals surface area contributed by atoms with E-state index in [9.17, 15) is 4.79 Å². The number of likely N-dealkylation sites (tertiary alicyclic amines) is 1. The second kappa shape index (κ2) is 7.34. The van der Waals surface area contributed by atoms with E-state index in [1.165, 1.54) is 0 Å². The summed E-state index contributed by atoms with van der Waals surface area (Å²) in [6.45, 7) is 3.94. The average Bonchev–Trinajstić information content (AvgIpc) is 3.04. The van der Waals surface area contributed by atoms with E-state index >= 15 is 0 Å². The van der Waals surface area contributed by atoms with Crippen LogP contribution >= 0.6 is 0 Å². The summed E-state index contributed by atoms with van der Waals surface area (Å²) in [5.41, 5.74) is 2.39. The fourth-order valence-electron chi connectivity index (χ4n) is 3.49. The van der Waals surface area contributed by atoms with Gasteiger partial charge in [0.15, 0.2) is 5.69 Å². The van der Waals surface area contributed by atoms with E-state index in [0.29, 0.717) is 24.1 Å². The minimum absolute atomic E-state index is 0.00979. The predicted octanol–water partition coefficient (Wildman–Crippen LogP) is 2.60. The van der Waals surface area contributed by atoms with Crippen molar-refractivity contribution in [3.63, 3.8) is 0 Å². The third-order valence-corrected chi connectivity index (χ3v) is 5.10. The van der Waals surface area contributed by atoms with Crippen LogP contribution in [0.4, 0.5) is 0 Å². The predicted molar refractivity (Wildman–Crippen MR) is 102 cm³/mol. The second-order valence-electron chi connectivity index (χ2n) is 7.05. The fraction of sp³-hybridized carbons (Fsp3) is 0.400. The molecule has 0 N–H and O–H groups in total. The number of aromatic nitrogens is 4. The van der Waals surface area contributed by atoms with Gasteiger partial charge in [-0.3, -0.25) is 9.48 Å². The Kier molecular flexibility index (Phi) is 4.75.